The second kappa shape index (κ2) is 7.87. The molecule has 0 aromatic heterocycles. The lowest BCUT2D eigenvalue weighted by Gasteiger charge is -2.16. The first-order chi connectivity index (χ1) is 9.37. The van der Waals surface area contributed by atoms with Gasteiger partial charge < -0.3 is 4.62 Å². The zero-order valence-electron chi connectivity index (χ0n) is 12.7. The number of rotatable bonds is 8. The van der Waals surface area contributed by atoms with E-state index in [1.807, 2.05) is 6.92 Å². The third-order valence-electron chi connectivity index (χ3n) is 2.57. The van der Waals surface area contributed by atoms with Crippen molar-refractivity contribution in [3.63, 3.8) is 0 Å². The first-order valence-corrected chi connectivity index (χ1v) is 10.7. The molecule has 0 saturated heterocycles. The molecule has 1 unspecified atom stereocenters. The Morgan fingerprint density at radius 3 is 2.60 bits per heavy atom. The molecule has 1 aliphatic rings. The highest BCUT2D eigenvalue weighted by atomic mass is 32.7. The van der Waals surface area contributed by atoms with Crippen LogP contribution >= 0.6 is 29.9 Å². The Bertz CT molecular complexity index is 438. The summed E-state index contributed by atoms with van der Waals surface area (Å²) in [5.74, 6) is 0.713. The van der Waals surface area contributed by atoms with E-state index in [-0.39, 0.29) is 4.75 Å². The number of thioether (sulfide) groups is 1. The Labute approximate surface area is 129 Å². The third-order valence-corrected chi connectivity index (χ3v) is 7.44. The maximum absolute atomic E-state index is 12.4. The minimum Gasteiger partial charge on any atom is -0.303 e. The van der Waals surface area contributed by atoms with Crippen LogP contribution in [0.4, 0.5) is 0 Å². The molecule has 1 rings (SSSR count). The number of hydrogen-bond donors (Lipinski definition) is 0. The Hall–Kier alpha value is 0.0300. The van der Waals surface area contributed by atoms with Crippen molar-refractivity contribution in [2.45, 2.75) is 52.2 Å². The highest BCUT2D eigenvalue weighted by molar-refractivity contribution is 8.55. The van der Waals surface area contributed by atoms with Gasteiger partial charge in [0.05, 0.1) is 11.4 Å². The van der Waals surface area contributed by atoms with Gasteiger partial charge in [-0.15, -0.1) is 0 Å². The molecule has 0 saturated carbocycles. The lowest BCUT2D eigenvalue weighted by atomic mass is 10.1. The van der Waals surface area contributed by atoms with Crippen molar-refractivity contribution in [2.75, 3.05) is 12.4 Å². The fourth-order valence-corrected chi connectivity index (χ4v) is 5.75. The Morgan fingerprint density at radius 1 is 1.40 bits per heavy atom. The summed E-state index contributed by atoms with van der Waals surface area (Å²) < 4.78 is 22.7. The van der Waals surface area contributed by atoms with Crippen LogP contribution in [0.1, 0.15) is 47.5 Å². The zero-order valence-corrected chi connectivity index (χ0v) is 15.2. The van der Waals surface area contributed by atoms with E-state index in [0.29, 0.717) is 17.5 Å². The number of hydrogen-bond acceptors (Lipinski definition) is 6. The lowest BCUT2D eigenvalue weighted by molar-refractivity contribution is 0.236. The van der Waals surface area contributed by atoms with E-state index in [1.165, 1.54) is 23.1 Å². The van der Waals surface area contributed by atoms with Gasteiger partial charge in [-0.25, -0.2) is 9.56 Å². The van der Waals surface area contributed by atoms with Crippen LogP contribution in [-0.2, 0) is 13.7 Å². The molecule has 8 heteroatoms. The summed E-state index contributed by atoms with van der Waals surface area (Å²) in [5, 5.41) is 4.46. The minimum atomic E-state index is -3.21. The standard InChI is InChI=1S/C12H23N2O3PS2/c1-6-9-19-18(15,16-8-3)17-14-11-13-10(7-2)12(4,5)20-11/h6-9H2,1-5H3/b14-11+. The SMILES string of the molecule is CCCSP(=O)(OCC)O/N=C1\N=C(CC)C(C)(C)S1. The molecule has 0 amide bonds. The van der Waals surface area contributed by atoms with E-state index in [2.05, 4.69) is 30.9 Å². The van der Waals surface area contributed by atoms with Crippen LogP contribution in [0.5, 0.6) is 0 Å². The molecule has 0 aliphatic carbocycles. The van der Waals surface area contributed by atoms with Gasteiger partial charge in [0.1, 0.15) is 0 Å². The molecule has 5 nitrogen and oxygen atoms in total. The third kappa shape index (κ3) is 5.10. The van der Waals surface area contributed by atoms with Gasteiger partial charge in [-0.3, -0.25) is 4.52 Å². The first kappa shape index (κ1) is 18.1. The van der Waals surface area contributed by atoms with E-state index in [9.17, 15) is 4.57 Å². The van der Waals surface area contributed by atoms with E-state index >= 15 is 0 Å². The van der Waals surface area contributed by atoms with Gasteiger partial charge in [0.15, 0.2) is 0 Å². The predicted molar refractivity (Wildman–Crippen MR) is 89.9 cm³/mol. The minimum absolute atomic E-state index is 0.0803. The van der Waals surface area contributed by atoms with Crippen LogP contribution in [0, 0.1) is 0 Å². The molecule has 0 radical (unpaired) electrons. The van der Waals surface area contributed by atoms with Gasteiger partial charge in [-0.05, 0) is 50.2 Å². The molecule has 0 N–H and O–H groups in total. The quantitative estimate of drug-likeness (QED) is 0.463. The zero-order chi connectivity index (χ0) is 15.2. The largest absolute Gasteiger partial charge is 0.460 e. The van der Waals surface area contributed by atoms with Crippen molar-refractivity contribution in [2.24, 2.45) is 10.1 Å². The molecular formula is C12H23N2O3PS2. The number of oxime groups is 1. The summed E-state index contributed by atoms with van der Waals surface area (Å²) in [6.07, 6.45) is 1.77. The molecule has 0 aromatic rings. The van der Waals surface area contributed by atoms with E-state index in [4.69, 9.17) is 9.15 Å². The van der Waals surface area contributed by atoms with Crippen molar-refractivity contribution in [3.05, 3.63) is 0 Å². The average Bonchev–Trinajstić information content (AvgIpc) is 2.69. The summed E-state index contributed by atoms with van der Waals surface area (Å²) in [6, 6.07) is 0. The molecule has 20 heavy (non-hydrogen) atoms. The van der Waals surface area contributed by atoms with Gasteiger partial charge in [-0.1, -0.05) is 25.6 Å². The molecule has 0 fully saturated rings. The molecule has 0 spiro atoms. The van der Waals surface area contributed by atoms with Crippen molar-refractivity contribution >= 4 is 40.8 Å². The average molecular weight is 338 g/mol. The lowest BCUT2D eigenvalue weighted by Crippen LogP contribution is -2.22. The van der Waals surface area contributed by atoms with E-state index in [1.54, 1.807) is 6.92 Å². The number of amidine groups is 1. The number of aliphatic imine (C=N–C) groups is 1. The van der Waals surface area contributed by atoms with Crippen molar-refractivity contribution in [1.82, 2.24) is 0 Å². The second-order valence-electron chi connectivity index (χ2n) is 4.68. The highest BCUT2D eigenvalue weighted by Crippen LogP contribution is 2.61. The van der Waals surface area contributed by atoms with Crippen molar-refractivity contribution < 1.29 is 13.7 Å². The Kier molecular flexibility index (Phi) is 7.12. The molecule has 116 valence electrons. The van der Waals surface area contributed by atoms with Crippen LogP contribution < -0.4 is 0 Å². The maximum Gasteiger partial charge on any atom is 0.460 e. The number of nitrogens with zero attached hydrogens (tertiary/aromatic N) is 2. The van der Waals surface area contributed by atoms with Gasteiger partial charge in [0.25, 0.3) is 0 Å². The molecule has 1 atom stereocenters. The predicted octanol–water partition coefficient (Wildman–Crippen LogP) is 4.94. The molecular weight excluding hydrogens is 315 g/mol. The van der Waals surface area contributed by atoms with Crippen LogP contribution in [-0.4, -0.2) is 28.0 Å². The topological polar surface area (TPSA) is 60.2 Å². The normalized spacial score (nSPS) is 22.6. The van der Waals surface area contributed by atoms with Gasteiger partial charge in [-0.2, -0.15) is 0 Å². The van der Waals surface area contributed by atoms with Crippen molar-refractivity contribution in [3.8, 4) is 0 Å². The van der Waals surface area contributed by atoms with Crippen LogP contribution in [0.3, 0.4) is 0 Å². The van der Waals surface area contributed by atoms with Crippen LogP contribution in [0.2, 0.25) is 0 Å². The summed E-state index contributed by atoms with van der Waals surface area (Å²) in [4.78, 5) is 4.42. The smallest absolute Gasteiger partial charge is 0.303 e. The van der Waals surface area contributed by atoms with E-state index in [0.717, 1.165) is 18.6 Å². The summed E-state index contributed by atoms with van der Waals surface area (Å²) in [7, 11) is 0. The summed E-state index contributed by atoms with van der Waals surface area (Å²) >= 11 is 2.70. The van der Waals surface area contributed by atoms with Crippen LogP contribution in [0.25, 0.3) is 0 Å². The monoisotopic (exact) mass is 338 g/mol. The summed E-state index contributed by atoms with van der Waals surface area (Å²) in [6.45, 7) is 7.18. The fraction of sp³-hybridized carbons (Fsp3) is 0.833. The van der Waals surface area contributed by atoms with Crippen molar-refractivity contribution in [1.29, 1.82) is 0 Å². The van der Waals surface area contributed by atoms with Crippen LogP contribution in [0.15, 0.2) is 10.1 Å². The van der Waals surface area contributed by atoms with Gasteiger partial charge in [0, 0.05) is 11.5 Å². The molecule has 1 aliphatic heterocycles. The molecule has 1 heterocycles. The highest BCUT2D eigenvalue weighted by Gasteiger charge is 2.34. The fourth-order valence-electron chi connectivity index (χ4n) is 1.63. The first-order valence-electron chi connectivity index (χ1n) is 6.79. The Morgan fingerprint density at radius 2 is 2.10 bits per heavy atom. The van der Waals surface area contributed by atoms with Gasteiger partial charge >= 0.3 is 6.80 Å². The van der Waals surface area contributed by atoms with Gasteiger partial charge in [0.2, 0.25) is 5.17 Å². The Balaban J connectivity index is 2.75. The molecule has 0 aromatic carbocycles. The maximum atomic E-state index is 12.4. The summed E-state index contributed by atoms with van der Waals surface area (Å²) in [5.41, 5.74) is 1.07. The van der Waals surface area contributed by atoms with E-state index < -0.39 is 6.80 Å². The second-order valence-corrected chi connectivity index (χ2v) is 10.4. The molecule has 0 bridgehead atoms.